The first-order chi connectivity index (χ1) is 10.0. The van der Waals surface area contributed by atoms with Gasteiger partial charge in [-0.15, -0.1) is 0 Å². The van der Waals surface area contributed by atoms with E-state index >= 15 is 0 Å². The standard InChI is InChI=1S/C15H18ClFN4/c1-4-7-18-14-9(2)15(20-10(3)19-14)21-11-5-6-13(17)12(16)8-11/h5-6,8H,4,7H2,1-3H3,(H2,18,19,20,21). The molecule has 0 aliphatic carbocycles. The monoisotopic (exact) mass is 308 g/mol. The summed E-state index contributed by atoms with van der Waals surface area (Å²) in [7, 11) is 0. The normalized spacial score (nSPS) is 10.5. The van der Waals surface area contributed by atoms with Crippen molar-refractivity contribution in [2.75, 3.05) is 17.2 Å². The summed E-state index contributed by atoms with van der Waals surface area (Å²) in [5, 5.41) is 6.51. The highest BCUT2D eigenvalue weighted by atomic mass is 35.5. The van der Waals surface area contributed by atoms with Crippen LogP contribution in [0.4, 0.5) is 21.7 Å². The lowest BCUT2D eigenvalue weighted by Crippen LogP contribution is -2.08. The van der Waals surface area contributed by atoms with Crippen molar-refractivity contribution in [3.63, 3.8) is 0 Å². The van der Waals surface area contributed by atoms with E-state index in [2.05, 4.69) is 27.5 Å². The molecule has 1 aromatic carbocycles. The number of nitrogens with zero attached hydrogens (tertiary/aromatic N) is 2. The average molecular weight is 309 g/mol. The van der Waals surface area contributed by atoms with Crippen LogP contribution in [-0.2, 0) is 0 Å². The first-order valence-electron chi connectivity index (χ1n) is 6.82. The second-order valence-corrected chi connectivity index (χ2v) is 5.18. The highest BCUT2D eigenvalue weighted by molar-refractivity contribution is 6.31. The number of hydrogen-bond donors (Lipinski definition) is 2. The molecule has 0 atom stereocenters. The Morgan fingerprint density at radius 1 is 1.19 bits per heavy atom. The number of aryl methyl sites for hydroxylation is 1. The van der Waals surface area contributed by atoms with Gasteiger partial charge >= 0.3 is 0 Å². The number of benzene rings is 1. The van der Waals surface area contributed by atoms with E-state index in [1.54, 1.807) is 6.07 Å². The largest absolute Gasteiger partial charge is 0.370 e. The van der Waals surface area contributed by atoms with Crippen molar-refractivity contribution in [1.82, 2.24) is 9.97 Å². The van der Waals surface area contributed by atoms with Crippen LogP contribution in [0.1, 0.15) is 24.7 Å². The number of rotatable bonds is 5. The smallest absolute Gasteiger partial charge is 0.141 e. The minimum absolute atomic E-state index is 0.0766. The lowest BCUT2D eigenvalue weighted by Gasteiger charge is -2.14. The third-order valence-corrected chi connectivity index (χ3v) is 3.27. The maximum Gasteiger partial charge on any atom is 0.141 e. The van der Waals surface area contributed by atoms with E-state index in [1.807, 2.05) is 13.8 Å². The molecule has 0 saturated carbocycles. The van der Waals surface area contributed by atoms with Crippen molar-refractivity contribution in [3.05, 3.63) is 40.4 Å². The number of nitrogens with one attached hydrogen (secondary N) is 2. The molecule has 0 aliphatic rings. The first-order valence-corrected chi connectivity index (χ1v) is 7.20. The van der Waals surface area contributed by atoms with Crippen LogP contribution in [0.15, 0.2) is 18.2 Å². The molecule has 0 radical (unpaired) electrons. The van der Waals surface area contributed by atoms with Crippen molar-refractivity contribution in [2.45, 2.75) is 27.2 Å². The molecule has 2 aromatic rings. The summed E-state index contributed by atoms with van der Waals surface area (Å²) in [5.74, 6) is 1.71. The van der Waals surface area contributed by atoms with Crippen LogP contribution in [0.5, 0.6) is 0 Å². The van der Waals surface area contributed by atoms with Gasteiger partial charge in [-0.25, -0.2) is 14.4 Å². The summed E-state index contributed by atoms with van der Waals surface area (Å²) in [6.45, 7) is 6.71. The molecule has 0 unspecified atom stereocenters. The van der Waals surface area contributed by atoms with Crippen molar-refractivity contribution < 1.29 is 4.39 Å². The fraction of sp³-hybridized carbons (Fsp3) is 0.333. The molecular formula is C15H18ClFN4. The Morgan fingerprint density at radius 2 is 1.90 bits per heavy atom. The van der Waals surface area contributed by atoms with E-state index in [9.17, 15) is 4.39 Å². The molecule has 0 saturated heterocycles. The fourth-order valence-corrected chi connectivity index (χ4v) is 2.06. The zero-order chi connectivity index (χ0) is 15.4. The van der Waals surface area contributed by atoms with Crippen LogP contribution in [0.3, 0.4) is 0 Å². The van der Waals surface area contributed by atoms with E-state index in [0.717, 1.165) is 24.3 Å². The molecule has 2 rings (SSSR count). The zero-order valence-electron chi connectivity index (χ0n) is 12.3. The van der Waals surface area contributed by atoms with Crippen LogP contribution in [0.2, 0.25) is 5.02 Å². The van der Waals surface area contributed by atoms with Crippen LogP contribution in [-0.4, -0.2) is 16.5 Å². The number of halogens is 2. The number of hydrogen-bond acceptors (Lipinski definition) is 4. The van der Waals surface area contributed by atoms with Gasteiger partial charge in [-0.3, -0.25) is 0 Å². The van der Waals surface area contributed by atoms with Gasteiger partial charge in [-0.1, -0.05) is 18.5 Å². The third kappa shape index (κ3) is 3.82. The van der Waals surface area contributed by atoms with E-state index < -0.39 is 5.82 Å². The molecule has 0 amide bonds. The Bertz CT molecular complexity index is 646. The SMILES string of the molecule is CCCNc1nc(C)nc(Nc2ccc(F)c(Cl)c2)c1C. The molecule has 21 heavy (non-hydrogen) atoms. The van der Waals surface area contributed by atoms with Crippen molar-refractivity contribution in [3.8, 4) is 0 Å². The first kappa shape index (κ1) is 15.5. The second kappa shape index (κ2) is 6.72. The van der Waals surface area contributed by atoms with Gasteiger partial charge in [0.25, 0.3) is 0 Å². The summed E-state index contributed by atoms with van der Waals surface area (Å²) in [6.07, 6.45) is 1.01. The van der Waals surface area contributed by atoms with E-state index in [0.29, 0.717) is 17.3 Å². The van der Waals surface area contributed by atoms with Crippen molar-refractivity contribution in [2.24, 2.45) is 0 Å². The molecular weight excluding hydrogens is 291 g/mol. The van der Waals surface area contributed by atoms with Crippen LogP contribution >= 0.6 is 11.6 Å². The van der Waals surface area contributed by atoms with Crippen molar-refractivity contribution >= 4 is 28.9 Å². The minimum atomic E-state index is -0.442. The quantitative estimate of drug-likeness (QED) is 0.856. The predicted molar refractivity (Wildman–Crippen MR) is 85.0 cm³/mol. The molecule has 2 N–H and O–H groups in total. The van der Waals surface area contributed by atoms with Gasteiger partial charge in [0.2, 0.25) is 0 Å². The molecule has 6 heteroatoms. The molecule has 0 spiro atoms. The number of aromatic nitrogens is 2. The minimum Gasteiger partial charge on any atom is -0.370 e. The topological polar surface area (TPSA) is 49.8 Å². The lowest BCUT2D eigenvalue weighted by molar-refractivity contribution is 0.628. The summed E-state index contributed by atoms with van der Waals surface area (Å²) < 4.78 is 13.2. The summed E-state index contributed by atoms with van der Waals surface area (Å²) in [6, 6.07) is 4.48. The fourth-order valence-electron chi connectivity index (χ4n) is 1.88. The molecule has 0 bridgehead atoms. The average Bonchev–Trinajstić information content (AvgIpc) is 2.45. The van der Waals surface area contributed by atoms with E-state index in [1.165, 1.54) is 12.1 Å². The van der Waals surface area contributed by atoms with Crippen LogP contribution in [0.25, 0.3) is 0 Å². The van der Waals surface area contributed by atoms with Gasteiger partial charge in [0.1, 0.15) is 23.3 Å². The molecule has 1 heterocycles. The zero-order valence-corrected chi connectivity index (χ0v) is 13.1. The van der Waals surface area contributed by atoms with E-state index in [4.69, 9.17) is 11.6 Å². The van der Waals surface area contributed by atoms with Crippen LogP contribution < -0.4 is 10.6 Å². The predicted octanol–water partition coefficient (Wildman–Crippen LogP) is 4.45. The summed E-state index contributed by atoms with van der Waals surface area (Å²) >= 11 is 5.79. The Kier molecular flexibility index (Phi) is 4.96. The van der Waals surface area contributed by atoms with Gasteiger partial charge in [-0.2, -0.15) is 0 Å². The summed E-state index contributed by atoms with van der Waals surface area (Å²) in [5.41, 5.74) is 1.60. The highest BCUT2D eigenvalue weighted by Gasteiger charge is 2.10. The highest BCUT2D eigenvalue weighted by Crippen LogP contribution is 2.26. The Hall–Kier alpha value is -1.88. The van der Waals surface area contributed by atoms with Crippen LogP contribution in [0, 0.1) is 19.7 Å². The second-order valence-electron chi connectivity index (χ2n) is 4.77. The number of anilines is 3. The maximum absolute atomic E-state index is 13.2. The van der Waals surface area contributed by atoms with Gasteiger partial charge in [-0.05, 0) is 38.5 Å². The van der Waals surface area contributed by atoms with Gasteiger partial charge in [0.15, 0.2) is 0 Å². The van der Waals surface area contributed by atoms with Gasteiger partial charge in [0.05, 0.1) is 5.02 Å². The maximum atomic E-state index is 13.2. The third-order valence-electron chi connectivity index (χ3n) is 2.98. The molecule has 112 valence electrons. The van der Waals surface area contributed by atoms with Crippen molar-refractivity contribution in [1.29, 1.82) is 0 Å². The molecule has 1 aromatic heterocycles. The summed E-state index contributed by atoms with van der Waals surface area (Å²) in [4.78, 5) is 8.79. The van der Waals surface area contributed by atoms with E-state index in [-0.39, 0.29) is 5.02 Å². The lowest BCUT2D eigenvalue weighted by atomic mass is 10.2. The molecule has 0 aliphatic heterocycles. The molecule has 4 nitrogen and oxygen atoms in total. The van der Waals surface area contributed by atoms with Gasteiger partial charge < -0.3 is 10.6 Å². The Labute approximate surface area is 128 Å². The Balaban J connectivity index is 2.30. The van der Waals surface area contributed by atoms with Gasteiger partial charge in [0, 0.05) is 17.8 Å². The Morgan fingerprint density at radius 3 is 2.57 bits per heavy atom. The molecule has 0 fully saturated rings.